The van der Waals surface area contributed by atoms with E-state index in [9.17, 15) is 13.2 Å². The molecule has 2 heterocycles. The minimum atomic E-state index is -3.28. The first-order valence-electron chi connectivity index (χ1n) is 10.1. The summed E-state index contributed by atoms with van der Waals surface area (Å²) in [4.78, 5) is 18.3. The molecule has 4 rings (SSSR count). The average Bonchev–Trinajstić information content (AvgIpc) is 3.15. The molecule has 2 atom stereocenters. The summed E-state index contributed by atoms with van der Waals surface area (Å²) in [6, 6.07) is 11.3. The molecular formula is C22H26N4O3S. The van der Waals surface area contributed by atoms with E-state index in [1.54, 1.807) is 30.6 Å². The zero-order valence-electron chi connectivity index (χ0n) is 16.9. The lowest BCUT2D eigenvalue weighted by atomic mass is 10.1. The van der Waals surface area contributed by atoms with E-state index < -0.39 is 10.0 Å². The Labute approximate surface area is 177 Å². The van der Waals surface area contributed by atoms with Crippen LogP contribution in [-0.2, 0) is 14.8 Å². The van der Waals surface area contributed by atoms with E-state index in [4.69, 9.17) is 0 Å². The summed E-state index contributed by atoms with van der Waals surface area (Å²) in [5.74, 6) is 1.88. The quantitative estimate of drug-likeness (QED) is 0.633. The highest BCUT2D eigenvalue weighted by Gasteiger charge is 2.54. The summed E-state index contributed by atoms with van der Waals surface area (Å²) >= 11 is 0. The lowest BCUT2D eigenvalue weighted by molar-refractivity contribution is -0.116. The van der Waals surface area contributed by atoms with Gasteiger partial charge in [-0.1, -0.05) is 12.1 Å². The van der Waals surface area contributed by atoms with Gasteiger partial charge in [-0.3, -0.25) is 14.5 Å². The van der Waals surface area contributed by atoms with Crippen molar-refractivity contribution in [2.75, 3.05) is 35.5 Å². The Kier molecular flexibility index (Phi) is 5.76. The molecule has 0 radical (unpaired) electrons. The molecule has 0 spiro atoms. The second-order valence-electron chi connectivity index (χ2n) is 8.02. The molecule has 7 nitrogen and oxygen atoms in total. The largest absolute Gasteiger partial charge is 0.371 e. The molecule has 2 aromatic rings. The molecule has 1 amide bonds. The van der Waals surface area contributed by atoms with Crippen molar-refractivity contribution < 1.29 is 13.2 Å². The van der Waals surface area contributed by atoms with Crippen LogP contribution >= 0.6 is 0 Å². The van der Waals surface area contributed by atoms with Crippen molar-refractivity contribution in [1.29, 1.82) is 0 Å². The van der Waals surface area contributed by atoms with Crippen molar-refractivity contribution >= 4 is 33.4 Å². The number of aromatic nitrogens is 1. The fourth-order valence-electron chi connectivity index (χ4n) is 4.34. The molecule has 2 fully saturated rings. The van der Waals surface area contributed by atoms with Gasteiger partial charge in [-0.2, -0.15) is 0 Å². The topological polar surface area (TPSA) is 91.4 Å². The molecule has 8 heteroatoms. The predicted octanol–water partition coefficient (Wildman–Crippen LogP) is 2.36. The molecule has 1 aromatic carbocycles. The van der Waals surface area contributed by atoms with Crippen LogP contribution in [0.5, 0.6) is 0 Å². The van der Waals surface area contributed by atoms with Crippen LogP contribution in [0.25, 0.3) is 6.08 Å². The average molecular weight is 427 g/mol. The molecule has 1 saturated heterocycles. The Morgan fingerprint density at radius 2 is 2.03 bits per heavy atom. The van der Waals surface area contributed by atoms with Gasteiger partial charge in [-0.05, 0) is 60.1 Å². The Balaban J connectivity index is 1.20. The van der Waals surface area contributed by atoms with Gasteiger partial charge in [0.15, 0.2) is 0 Å². The minimum absolute atomic E-state index is 0.0820. The number of sulfonamides is 1. The highest BCUT2D eigenvalue weighted by molar-refractivity contribution is 7.92. The zero-order valence-corrected chi connectivity index (χ0v) is 17.7. The summed E-state index contributed by atoms with van der Waals surface area (Å²) in [6.07, 6.45) is 8.87. The number of anilines is 2. The van der Waals surface area contributed by atoms with E-state index in [0.717, 1.165) is 37.0 Å². The SMILES string of the molecule is CS(=O)(=O)Nc1cccc(N2CC3C(CCNC(=O)/C=C/c4cccnc4)C3C2)c1. The number of piperidine rings is 1. The summed E-state index contributed by atoms with van der Waals surface area (Å²) in [5.41, 5.74) is 2.54. The number of carbonyl (C=O) groups is 1. The Bertz CT molecular complexity index is 1030. The molecule has 30 heavy (non-hydrogen) atoms. The second-order valence-corrected chi connectivity index (χ2v) is 9.77. The first kappa shape index (κ1) is 20.4. The van der Waals surface area contributed by atoms with Gasteiger partial charge in [0.2, 0.25) is 15.9 Å². The number of amides is 1. The van der Waals surface area contributed by atoms with Crippen LogP contribution in [-0.4, -0.2) is 45.2 Å². The maximum absolute atomic E-state index is 12.0. The molecule has 2 N–H and O–H groups in total. The molecule has 1 aromatic heterocycles. The number of carbonyl (C=O) groups excluding carboxylic acids is 1. The summed E-state index contributed by atoms with van der Waals surface area (Å²) in [6.45, 7) is 2.64. The van der Waals surface area contributed by atoms with Crippen molar-refractivity contribution in [2.24, 2.45) is 17.8 Å². The molecular weight excluding hydrogens is 400 g/mol. The summed E-state index contributed by atoms with van der Waals surface area (Å²) in [7, 11) is -3.28. The monoisotopic (exact) mass is 426 g/mol. The van der Waals surface area contributed by atoms with Gasteiger partial charge in [-0.25, -0.2) is 8.42 Å². The number of nitrogens with zero attached hydrogens (tertiary/aromatic N) is 2. The normalized spacial score (nSPS) is 22.7. The first-order chi connectivity index (χ1) is 14.4. The van der Waals surface area contributed by atoms with Gasteiger partial charge in [0, 0.05) is 43.8 Å². The van der Waals surface area contributed by atoms with Crippen molar-refractivity contribution in [3.63, 3.8) is 0 Å². The second kappa shape index (κ2) is 8.47. The Morgan fingerprint density at radius 1 is 1.23 bits per heavy atom. The van der Waals surface area contributed by atoms with Crippen molar-refractivity contribution in [3.8, 4) is 0 Å². The van der Waals surface area contributed by atoms with Crippen LogP contribution in [0.3, 0.4) is 0 Å². The molecule has 0 bridgehead atoms. The van der Waals surface area contributed by atoms with Crippen molar-refractivity contribution in [3.05, 3.63) is 60.4 Å². The van der Waals surface area contributed by atoms with Gasteiger partial charge in [0.05, 0.1) is 11.9 Å². The fourth-order valence-corrected chi connectivity index (χ4v) is 4.89. The maximum atomic E-state index is 12.0. The Morgan fingerprint density at radius 3 is 2.73 bits per heavy atom. The smallest absolute Gasteiger partial charge is 0.244 e. The summed E-state index contributed by atoms with van der Waals surface area (Å²) < 4.78 is 25.4. The van der Waals surface area contributed by atoms with E-state index in [0.29, 0.717) is 30.0 Å². The number of nitrogens with one attached hydrogen (secondary N) is 2. The third-order valence-corrected chi connectivity index (χ3v) is 6.38. The van der Waals surface area contributed by atoms with Crippen LogP contribution in [0.15, 0.2) is 54.9 Å². The lowest BCUT2D eigenvalue weighted by Gasteiger charge is -2.22. The van der Waals surface area contributed by atoms with E-state index >= 15 is 0 Å². The molecule has 158 valence electrons. The standard InChI is InChI=1S/C22H26N4O3S/c1-30(28,29)25-17-5-2-6-18(12-17)26-14-20-19(21(20)15-26)9-11-24-22(27)8-7-16-4-3-10-23-13-16/h2-8,10,12-13,19-21,25H,9,11,14-15H2,1H3,(H,24,27)/b8-7+. The molecule has 1 aliphatic heterocycles. The predicted molar refractivity (Wildman–Crippen MR) is 118 cm³/mol. The number of hydrogen-bond donors (Lipinski definition) is 2. The molecule has 2 aliphatic rings. The van der Waals surface area contributed by atoms with Gasteiger partial charge in [0.25, 0.3) is 0 Å². The fraction of sp³-hybridized carbons (Fsp3) is 0.364. The zero-order chi connectivity index (χ0) is 21.1. The molecule has 2 unspecified atom stereocenters. The minimum Gasteiger partial charge on any atom is -0.371 e. The van der Waals surface area contributed by atoms with E-state index in [1.165, 1.54) is 0 Å². The molecule has 1 aliphatic carbocycles. The van der Waals surface area contributed by atoms with E-state index in [-0.39, 0.29) is 5.91 Å². The van der Waals surface area contributed by atoms with E-state index in [2.05, 4.69) is 19.9 Å². The van der Waals surface area contributed by atoms with Crippen LogP contribution in [0.4, 0.5) is 11.4 Å². The third-order valence-electron chi connectivity index (χ3n) is 5.77. The number of benzene rings is 1. The first-order valence-corrected chi connectivity index (χ1v) is 12.0. The van der Waals surface area contributed by atoms with Crippen LogP contribution in [0.2, 0.25) is 0 Å². The van der Waals surface area contributed by atoms with Gasteiger partial charge in [-0.15, -0.1) is 0 Å². The summed E-state index contributed by atoms with van der Waals surface area (Å²) in [5, 5.41) is 2.96. The number of hydrogen-bond acceptors (Lipinski definition) is 5. The van der Waals surface area contributed by atoms with E-state index in [1.807, 2.05) is 30.3 Å². The van der Waals surface area contributed by atoms with Crippen molar-refractivity contribution in [2.45, 2.75) is 6.42 Å². The van der Waals surface area contributed by atoms with Gasteiger partial charge >= 0.3 is 0 Å². The van der Waals surface area contributed by atoms with Gasteiger partial charge < -0.3 is 10.2 Å². The highest BCUT2D eigenvalue weighted by Crippen LogP contribution is 2.54. The van der Waals surface area contributed by atoms with Crippen LogP contribution < -0.4 is 14.9 Å². The van der Waals surface area contributed by atoms with Gasteiger partial charge in [0.1, 0.15) is 0 Å². The maximum Gasteiger partial charge on any atom is 0.244 e. The highest BCUT2D eigenvalue weighted by atomic mass is 32.2. The lowest BCUT2D eigenvalue weighted by Crippen LogP contribution is -2.26. The Hall–Kier alpha value is -2.87. The number of pyridine rings is 1. The van der Waals surface area contributed by atoms with Crippen LogP contribution in [0, 0.1) is 17.8 Å². The molecule has 1 saturated carbocycles. The third kappa shape index (κ3) is 5.18. The number of fused-ring (bicyclic) bond motifs is 1. The van der Waals surface area contributed by atoms with Crippen molar-refractivity contribution in [1.82, 2.24) is 10.3 Å². The number of rotatable bonds is 8. The van der Waals surface area contributed by atoms with Crippen LogP contribution in [0.1, 0.15) is 12.0 Å².